The van der Waals surface area contributed by atoms with Crippen molar-refractivity contribution in [2.24, 2.45) is 7.05 Å². The molecule has 3 nitrogen and oxygen atoms in total. The van der Waals surface area contributed by atoms with Gasteiger partial charge in [-0.25, -0.2) is 9.18 Å². The Morgan fingerprint density at radius 2 is 1.70 bits per heavy atom. The van der Waals surface area contributed by atoms with Gasteiger partial charge in [-0.1, -0.05) is 49.2 Å². The lowest BCUT2D eigenvalue weighted by Gasteiger charge is -2.28. The highest BCUT2D eigenvalue weighted by molar-refractivity contribution is 6.30. The van der Waals surface area contributed by atoms with Crippen LogP contribution in [0.15, 0.2) is 66.9 Å². The van der Waals surface area contributed by atoms with Crippen molar-refractivity contribution in [3.63, 3.8) is 0 Å². The van der Waals surface area contributed by atoms with Crippen molar-refractivity contribution in [1.29, 1.82) is 0 Å². The first-order valence-corrected chi connectivity index (χ1v) is 11.5. The Morgan fingerprint density at radius 3 is 2.30 bits per heavy atom. The maximum Gasteiger partial charge on any atom is 0.335 e. The van der Waals surface area contributed by atoms with Crippen molar-refractivity contribution >= 4 is 28.5 Å². The van der Waals surface area contributed by atoms with Gasteiger partial charge in [0.2, 0.25) is 0 Å². The Balaban J connectivity index is 1.96. The van der Waals surface area contributed by atoms with Gasteiger partial charge in [0.15, 0.2) is 0 Å². The fourth-order valence-electron chi connectivity index (χ4n) is 4.91. The number of aromatic carboxylic acids is 1. The van der Waals surface area contributed by atoms with Gasteiger partial charge in [0.1, 0.15) is 5.82 Å². The normalized spacial score (nSPS) is 13.2. The third-order valence-corrected chi connectivity index (χ3v) is 6.61. The predicted octanol–water partition coefficient (Wildman–Crippen LogP) is 7.69. The van der Waals surface area contributed by atoms with Gasteiger partial charge in [0.05, 0.1) is 11.1 Å². The first-order chi connectivity index (χ1) is 15.8. The second-order valence-electron chi connectivity index (χ2n) is 8.69. The molecular formula is C28H27ClFNO2. The van der Waals surface area contributed by atoms with Crippen LogP contribution in [-0.4, -0.2) is 15.6 Å². The van der Waals surface area contributed by atoms with Gasteiger partial charge in [-0.2, -0.15) is 0 Å². The summed E-state index contributed by atoms with van der Waals surface area (Å²) in [7, 11) is 1.87. The van der Waals surface area contributed by atoms with Gasteiger partial charge in [-0.05, 0) is 77.9 Å². The monoisotopic (exact) mass is 463 g/mol. The van der Waals surface area contributed by atoms with Crippen LogP contribution in [0, 0.1) is 12.7 Å². The summed E-state index contributed by atoms with van der Waals surface area (Å²) in [6.45, 7) is 4.05. The van der Waals surface area contributed by atoms with Crippen LogP contribution in [0.4, 0.5) is 4.39 Å². The van der Waals surface area contributed by atoms with Crippen molar-refractivity contribution in [2.45, 2.75) is 38.5 Å². The minimum Gasteiger partial charge on any atom is -0.478 e. The van der Waals surface area contributed by atoms with Crippen LogP contribution < -0.4 is 0 Å². The Bertz CT molecular complexity index is 1290. The molecule has 0 amide bonds. The summed E-state index contributed by atoms with van der Waals surface area (Å²) in [5.74, 6) is -1.15. The van der Waals surface area contributed by atoms with Crippen molar-refractivity contribution < 1.29 is 14.3 Å². The minimum absolute atomic E-state index is 0.0530. The third-order valence-electron chi connectivity index (χ3n) is 6.36. The minimum atomic E-state index is -0.942. The summed E-state index contributed by atoms with van der Waals surface area (Å²) < 4.78 is 16.8. The zero-order chi connectivity index (χ0) is 23.7. The van der Waals surface area contributed by atoms with E-state index in [0.29, 0.717) is 10.5 Å². The molecule has 1 N–H and O–H groups in total. The molecule has 170 valence electrons. The molecule has 0 unspecified atom stereocenters. The molecule has 0 bridgehead atoms. The van der Waals surface area contributed by atoms with Crippen LogP contribution in [0.25, 0.3) is 10.9 Å². The Morgan fingerprint density at radius 1 is 1.06 bits per heavy atom. The molecule has 5 heteroatoms. The van der Waals surface area contributed by atoms with E-state index in [1.165, 1.54) is 0 Å². The van der Waals surface area contributed by atoms with E-state index < -0.39 is 5.97 Å². The summed E-state index contributed by atoms with van der Waals surface area (Å²) in [5, 5.41) is 10.9. The number of carboxylic acids is 1. The smallest absolute Gasteiger partial charge is 0.335 e. The van der Waals surface area contributed by atoms with Gasteiger partial charge < -0.3 is 9.67 Å². The van der Waals surface area contributed by atoms with E-state index in [2.05, 4.69) is 6.92 Å². The number of benzene rings is 3. The fourth-order valence-corrected chi connectivity index (χ4v) is 5.04. The molecule has 0 radical (unpaired) electrons. The van der Waals surface area contributed by atoms with Crippen LogP contribution in [0.1, 0.15) is 64.2 Å². The van der Waals surface area contributed by atoms with Crippen LogP contribution in [0.5, 0.6) is 0 Å². The van der Waals surface area contributed by atoms with Crippen LogP contribution in [-0.2, 0) is 7.05 Å². The van der Waals surface area contributed by atoms with Crippen LogP contribution in [0.3, 0.4) is 0 Å². The van der Waals surface area contributed by atoms with Crippen LogP contribution >= 0.6 is 11.6 Å². The van der Waals surface area contributed by atoms with Crippen LogP contribution in [0.2, 0.25) is 5.02 Å². The maximum absolute atomic E-state index is 14.9. The topological polar surface area (TPSA) is 42.2 Å². The first-order valence-electron chi connectivity index (χ1n) is 11.1. The van der Waals surface area contributed by atoms with E-state index >= 15 is 0 Å². The second kappa shape index (κ2) is 9.40. The highest BCUT2D eigenvalue weighted by atomic mass is 35.5. The average Bonchev–Trinajstić information content (AvgIpc) is 3.10. The van der Waals surface area contributed by atoms with E-state index in [4.69, 9.17) is 11.6 Å². The van der Waals surface area contributed by atoms with Gasteiger partial charge in [0, 0.05) is 29.6 Å². The molecule has 4 aromatic rings. The molecule has 0 saturated carbocycles. The summed E-state index contributed by atoms with van der Waals surface area (Å²) in [5.41, 5.74) is 4.94. The van der Waals surface area contributed by atoms with Gasteiger partial charge >= 0.3 is 5.97 Å². The number of carboxylic acid groups (broad SMARTS) is 1. The SMILES string of the molecule is CCC[C@H](c1ccc(C(=O)O)cc1)[C@H](c1ccc(Cl)cc1)c1cn(C)c2c(F)cc(C)cc12. The van der Waals surface area contributed by atoms with E-state index in [1.807, 2.05) is 67.2 Å². The Hall–Kier alpha value is -3.11. The summed E-state index contributed by atoms with van der Waals surface area (Å²) in [4.78, 5) is 11.4. The molecule has 4 rings (SSSR count). The predicted molar refractivity (Wildman–Crippen MR) is 132 cm³/mol. The quantitative estimate of drug-likeness (QED) is 0.305. The number of hydrogen-bond donors (Lipinski definition) is 1. The number of halogens is 2. The molecule has 1 heterocycles. The average molecular weight is 464 g/mol. The summed E-state index contributed by atoms with van der Waals surface area (Å²) >= 11 is 6.20. The fraction of sp³-hybridized carbons (Fsp3) is 0.250. The van der Waals surface area contributed by atoms with Crippen molar-refractivity contribution in [2.75, 3.05) is 0 Å². The highest BCUT2D eigenvalue weighted by Gasteiger charge is 2.29. The van der Waals surface area contributed by atoms with Crippen molar-refractivity contribution in [3.8, 4) is 0 Å². The molecule has 1 aromatic heterocycles. The zero-order valence-corrected chi connectivity index (χ0v) is 19.7. The van der Waals surface area contributed by atoms with E-state index in [-0.39, 0.29) is 23.2 Å². The standard InChI is InChI=1S/C28H27ClFNO2/c1-4-5-22(18-6-8-20(9-7-18)28(32)33)26(19-10-12-21(29)13-11-19)24-16-31(3)27-23(24)14-17(2)15-25(27)30/h6-16,22,26H,4-5H2,1-3H3,(H,32,33)/t22-,26+/m1/s1. The third kappa shape index (κ3) is 4.53. The molecule has 0 spiro atoms. The lowest BCUT2D eigenvalue weighted by atomic mass is 9.75. The second-order valence-corrected chi connectivity index (χ2v) is 9.13. The molecule has 33 heavy (non-hydrogen) atoms. The number of fused-ring (bicyclic) bond motifs is 1. The lowest BCUT2D eigenvalue weighted by molar-refractivity contribution is 0.0697. The molecule has 0 fully saturated rings. The Labute approximate surface area is 198 Å². The van der Waals surface area contributed by atoms with E-state index in [9.17, 15) is 14.3 Å². The molecule has 0 aliphatic heterocycles. The molecule has 2 atom stereocenters. The maximum atomic E-state index is 14.9. The number of hydrogen-bond acceptors (Lipinski definition) is 1. The number of aryl methyl sites for hydroxylation is 2. The molecule has 0 saturated heterocycles. The first kappa shape index (κ1) is 23.1. The van der Waals surface area contributed by atoms with Gasteiger partial charge in [-0.3, -0.25) is 0 Å². The van der Waals surface area contributed by atoms with Gasteiger partial charge in [-0.15, -0.1) is 0 Å². The van der Waals surface area contributed by atoms with E-state index in [1.54, 1.807) is 18.2 Å². The lowest BCUT2D eigenvalue weighted by Crippen LogP contribution is -2.13. The number of carbonyl (C=O) groups is 1. The summed E-state index contributed by atoms with van der Waals surface area (Å²) in [6, 6.07) is 18.6. The number of rotatable bonds is 7. The highest BCUT2D eigenvalue weighted by Crippen LogP contribution is 2.45. The summed E-state index contributed by atoms with van der Waals surface area (Å²) in [6.07, 6.45) is 3.87. The molecule has 0 aliphatic carbocycles. The molecule has 3 aromatic carbocycles. The van der Waals surface area contributed by atoms with E-state index in [0.717, 1.165) is 40.5 Å². The largest absolute Gasteiger partial charge is 0.478 e. The van der Waals surface area contributed by atoms with Crippen molar-refractivity contribution in [1.82, 2.24) is 4.57 Å². The number of nitrogens with zero attached hydrogens (tertiary/aromatic N) is 1. The van der Waals surface area contributed by atoms with Gasteiger partial charge in [0.25, 0.3) is 0 Å². The van der Waals surface area contributed by atoms with Crippen molar-refractivity contribution in [3.05, 3.63) is 106 Å². The zero-order valence-electron chi connectivity index (χ0n) is 19.0. The molecule has 0 aliphatic rings. The number of aromatic nitrogens is 1. The molecular weight excluding hydrogens is 437 g/mol. The Kier molecular flexibility index (Phi) is 6.57.